The number of carbonyl (C=O) groups excluding carboxylic acids is 1. The molecule has 8 heteroatoms. The number of carboxylic acids is 1. The first kappa shape index (κ1) is 25.1. The first-order valence-corrected chi connectivity index (χ1v) is 11.9. The summed E-state index contributed by atoms with van der Waals surface area (Å²) in [5, 5.41) is 11.7. The number of aryl methyl sites for hydroxylation is 1. The molecule has 1 fully saturated rings. The monoisotopic (exact) mass is 487 g/mol. The van der Waals surface area contributed by atoms with Crippen molar-refractivity contribution in [3.05, 3.63) is 40.3 Å². The molecule has 0 aliphatic carbocycles. The number of carboxylic acid groups (broad SMARTS) is 1. The SMILES string of the molecule is COc1cc2cc(C)c(C(=C3SC(=S)N(C(C(=O)O)C(C)C)C3=O)C(C)C)cc2cc1OC. The molecule has 0 spiro atoms. The lowest BCUT2D eigenvalue weighted by atomic mass is 9.89. The van der Waals surface area contributed by atoms with Crippen LogP contribution >= 0.6 is 24.0 Å². The van der Waals surface area contributed by atoms with E-state index in [0.29, 0.717) is 16.4 Å². The number of methoxy groups -OCH3 is 2. The van der Waals surface area contributed by atoms with Crippen molar-refractivity contribution in [2.75, 3.05) is 14.2 Å². The van der Waals surface area contributed by atoms with Crippen LogP contribution in [0.25, 0.3) is 16.3 Å². The van der Waals surface area contributed by atoms with E-state index < -0.39 is 12.0 Å². The lowest BCUT2D eigenvalue weighted by molar-refractivity contribution is -0.146. The summed E-state index contributed by atoms with van der Waals surface area (Å²) in [6.07, 6.45) is 0. The number of allylic oxidation sites excluding steroid dienone is 1. The summed E-state index contributed by atoms with van der Waals surface area (Å²) in [5.74, 6) is -0.401. The van der Waals surface area contributed by atoms with Gasteiger partial charge in [-0.05, 0) is 64.4 Å². The van der Waals surface area contributed by atoms with Crippen LogP contribution in [0.2, 0.25) is 0 Å². The molecular formula is C25H29NO5S2. The highest BCUT2D eigenvalue weighted by molar-refractivity contribution is 8.26. The van der Waals surface area contributed by atoms with E-state index in [9.17, 15) is 14.7 Å². The van der Waals surface area contributed by atoms with Crippen LogP contribution < -0.4 is 9.47 Å². The topological polar surface area (TPSA) is 76.1 Å². The van der Waals surface area contributed by atoms with Gasteiger partial charge in [-0.2, -0.15) is 0 Å². The highest BCUT2D eigenvalue weighted by atomic mass is 32.2. The van der Waals surface area contributed by atoms with Crippen LogP contribution in [0, 0.1) is 18.8 Å². The van der Waals surface area contributed by atoms with Gasteiger partial charge < -0.3 is 14.6 Å². The van der Waals surface area contributed by atoms with E-state index in [0.717, 1.165) is 27.5 Å². The molecule has 6 nitrogen and oxygen atoms in total. The summed E-state index contributed by atoms with van der Waals surface area (Å²) < 4.78 is 11.2. The van der Waals surface area contributed by atoms with Crippen molar-refractivity contribution in [1.82, 2.24) is 4.90 Å². The standard InChI is InChI=1S/C25H29NO5S2/c1-12(2)20(22-23(27)26(25(32)33-22)21(13(3)4)24(28)29)17-9-16-11-19(31-7)18(30-6)10-15(16)8-14(17)5/h8-13,21H,1-7H3,(H,28,29). The minimum absolute atomic E-state index is 0.0119. The Bertz CT molecular complexity index is 1170. The molecule has 1 heterocycles. The first-order chi connectivity index (χ1) is 15.5. The smallest absolute Gasteiger partial charge is 0.327 e. The zero-order valence-electron chi connectivity index (χ0n) is 19.9. The van der Waals surface area contributed by atoms with E-state index in [1.807, 2.05) is 39.0 Å². The Kier molecular flexibility index (Phi) is 7.39. The third-order valence-electron chi connectivity index (χ3n) is 5.76. The van der Waals surface area contributed by atoms with Gasteiger partial charge in [0.05, 0.1) is 19.1 Å². The second kappa shape index (κ2) is 9.73. The van der Waals surface area contributed by atoms with Crippen LogP contribution in [0.4, 0.5) is 0 Å². The van der Waals surface area contributed by atoms with Crippen molar-refractivity contribution in [3.63, 3.8) is 0 Å². The number of benzene rings is 2. The molecule has 1 N–H and O–H groups in total. The normalized spacial score (nSPS) is 16.7. The number of nitrogens with zero attached hydrogens (tertiary/aromatic N) is 1. The Morgan fingerprint density at radius 3 is 2.03 bits per heavy atom. The summed E-state index contributed by atoms with van der Waals surface area (Å²) in [6.45, 7) is 9.61. The second-order valence-corrected chi connectivity index (χ2v) is 10.3. The van der Waals surface area contributed by atoms with Crippen LogP contribution in [0.1, 0.15) is 38.8 Å². The van der Waals surface area contributed by atoms with Gasteiger partial charge in [0.2, 0.25) is 0 Å². The molecule has 33 heavy (non-hydrogen) atoms. The van der Waals surface area contributed by atoms with Crippen LogP contribution in [0.5, 0.6) is 11.5 Å². The molecule has 1 unspecified atom stereocenters. The number of hydrogen-bond acceptors (Lipinski definition) is 6. The van der Waals surface area contributed by atoms with Crippen molar-refractivity contribution < 1.29 is 24.2 Å². The summed E-state index contributed by atoms with van der Waals surface area (Å²) in [7, 11) is 3.20. The fraction of sp³-hybridized carbons (Fsp3) is 0.400. The lowest BCUT2D eigenvalue weighted by Gasteiger charge is -2.26. The van der Waals surface area contributed by atoms with E-state index in [2.05, 4.69) is 6.07 Å². The van der Waals surface area contributed by atoms with Crippen LogP contribution in [0.15, 0.2) is 29.2 Å². The molecule has 1 amide bonds. The fourth-order valence-corrected chi connectivity index (χ4v) is 5.76. The molecule has 2 aromatic rings. The minimum atomic E-state index is -1.06. The molecule has 0 bridgehead atoms. The van der Waals surface area contributed by atoms with E-state index in [1.54, 1.807) is 28.1 Å². The van der Waals surface area contributed by atoms with Gasteiger partial charge in [0.25, 0.3) is 5.91 Å². The van der Waals surface area contributed by atoms with Crippen molar-refractivity contribution in [1.29, 1.82) is 0 Å². The number of fused-ring (bicyclic) bond motifs is 1. The predicted octanol–water partition coefficient (Wildman–Crippen LogP) is 5.50. The van der Waals surface area contributed by atoms with E-state index in [1.165, 1.54) is 16.7 Å². The molecule has 0 radical (unpaired) electrons. The van der Waals surface area contributed by atoms with Crippen molar-refractivity contribution >= 4 is 56.5 Å². The molecule has 3 rings (SSSR count). The second-order valence-electron chi connectivity index (χ2n) is 8.69. The number of thiocarbonyl (C=S) groups is 1. The maximum atomic E-state index is 13.5. The summed E-state index contributed by atoms with van der Waals surface area (Å²) in [5.41, 5.74) is 2.79. The third-order valence-corrected chi connectivity index (χ3v) is 7.18. The number of thioether (sulfide) groups is 1. The van der Waals surface area contributed by atoms with Gasteiger partial charge in [-0.15, -0.1) is 0 Å². The largest absolute Gasteiger partial charge is 0.493 e. The highest BCUT2D eigenvalue weighted by Gasteiger charge is 2.43. The average molecular weight is 488 g/mol. The molecule has 1 saturated heterocycles. The fourth-order valence-electron chi connectivity index (χ4n) is 4.20. The molecular weight excluding hydrogens is 458 g/mol. The van der Waals surface area contributed by atoms with E-state index in [-0.39, 0.29) is 22.1 Å². The van der Waals surface area contributed by atoms with Crippen LogP contribution in [-0.2, 0) is 9.59 Å². The number of amides is 1. The lowest BCUT2D eigenvalue weighted by Crippen LogP contribution is -2.47. The molecule has 1 aliphatic heterocycles. The Balaban J connectivity index is 2.22. The summed E-state index contributed by atoms with van der Waals surface area (Å²) >= 11 is 6.66. The number of ether oxygens (including phenoxy) is 2. The molecule has 176 valence electrons. The van der Waals surface area contributed by atoms with Crippen molar-refractivity contribution in [2.24, 2.45) is 11.8 Å². The molecule has 2 aromatic carbocycles. The maximum absolute atomic E-state index is 13.5. The quantitative estimate of drug-likeness (QED) is 0.408. The highest BCUT2D eigenvalue weighted by Crippen LogP contribution is 2.43. The molecule has 0 saturated carbocycles. The van der Waals surface area contributed by atoms with Crippen molar-refractivity contribution in [3.8, 4) is 11.5 Å². The average Bonchev–Trinajstić information content (AvgIpc) is 3.01. The number of hydrogen-bond donors (Lipinski definition) is 1. The first-order valence-electron chi connectivity index (χ1n) is 10.7. The zero-order chi connectivity index (χ0) is 24.6. The zero-order valence-corrected chi connectivity index (χ0v) is 21.5. The number of carbonyl (C=O) groups is 2. The van der Waals surface area contributed by atoms with Crippen LogP contribution in [-0.4, -0.2) is 46.5 Å². The van der Waals surface area contributed by atoms with E-state index in [4.69, 9.17) is 21.7 Å². The Hall–Kier alpha value is -2.58. The van der Waals surface area contributed by atoms with Gasteiger partial charge in [0.15, 0.2) is 11.5 Å². The van der Waals surface area contributed by atoms with E-state index >= 15 is 0 Å². The van der Waals surface area contributed by atoms with Gasteiger partial charge in [0, 0.05) is 0 Å². The van der Waals surface area contributed by atoms with Gasteiger partial charge in [0.1, 0.15) is 10.4 Å². The molecule has 0 aromatic heterocycles. The predicted molar refractivity (Wildman–Crippen MR) is 137 cm³/mol. The van der Waals surface area contributed by atoms with Crippen molar-refractivity contribution in [2.45, 2.75) is 40.7 Å². The summed E-state index contributed by atoms with van der Waals surface area (Å²) in [4.78, 5) is 27.2. The number of aliphatic carboxylic acids is 1. The van der Waals surface area contributed by atoms with Crippen LogP contribution in [0.3, 0.4) is 0 Å². The number of rotatable bonds is 7. The van der Waals surface area contributed by atoms with Gasteiger partial charge >= 0.3 is 5.97 Å². The van der Waals surface area contributed by atoms with Gasteiger partial charge in [-0.1, -0.05) is 57.7 Å². The van der Waals surface area contributed by atoms with Gasteiger partial charge in [-0.3, -0.25) is 9.69 Å². The Morgan fingerprint density at radius 2 is 1.58 bits per heavy atom. The van der Waals surface area contributed by atoms with Gasteiger partial charge in [-0.25, -0.2) is 4.79 Å². The molecule has 1 atom stereocenters. The Morgan fingerprint density at radius 1 is 1.03 bits per heavy atom. The molecule has 1 aliphatic rings. The third kappa shape index (κ3) is 4.59. The minimum Gasteiger partial charge on any atom is -0.493 e. The Labute approximate surface area is 203 Å². The summed E-state index contributed by atoms with van der Waals surface area (Å²) in [6, 6.07) is 6.95. The maximum Gasteiger partial charge on any atom is 0.327 e.